The number of hydrogen-bond donors (Lipinski definition) is 1. The standard InChI is InChI=1S/C20H21FN4O2/c1-2-24(12-15-3-5-17(21)6-4-15)9-10-25-13-19(23-14-25)18-11-16(20(26)27)7-8-22-18/h3-8,11,13-14H,2,9-10,12H2,1H3,(H,26,27). The van der Waals surface area contributed by atoms with E-state index in [1.807, 2.05) is 10.8 Å². The molecule has 0 bridgehead atoms. The highest BCUT2D eigenvalue weighted by Gasteiger charge is 2.09. The first-order valence-corrected chi connectivity index (χ1v) is 8.73. The lowest BCUT2D eigenvalue weighted by Crippen LogP contribution is -2.26. The Morgan fingerprint density at radius 3 is 2.67 bits per heavy atom. The molecule has 0 aliphatic rings. The van der Waals surface area contributed by atoms with Gasteiger partial charge < -0.3 is 9.67 Å². The number of benzene rings is 1. The average molecular weight is 368 g/mol. The van der Waals surface area contributed by atoms with Crippen molar-refractivity contribution in [1.82, 2.24) is 19.4 Å². The summed E-state index contributed by atoms with van der Waals surface area (Å²) in [6, 6.07) is 9.52. The first-order chi connectivity index (χ1) is 13.0. The zero-order valence-electron chi connectivity index (χ0n) is 15.0. The third-order valence-electron chi connectivity index (χ3n) is 4.34. The smallest absolute Gasteiger partial charge is 0.335 e. The van der Waals surface area contributed by atoms with Gasteiger partial charge in [-0.25, -0.2) is 14.2 Å². The number of likely N-dealkylation sites (N-methyl/N-ethyl adjacent to an activating group) is 1. The van der Waals surface area contributed by atoms with Crippen molar-refractivity contribution in [3.8, 4) is 11.4 Å². The minimum absolute atomic E-state index is 0.186. The summed E-state index contributed by atoms with van der Waals surface area (Å²) < 4.78 is 15.0. The summed E-state index contributed by atoms with van der Waals surface area (Å²) in [4.78, 5) is 21.9. The van der Waals surface area contributed by atoms with Crippen LogP contribution in [0.3, 0.4) is 0 Å². The molecule has 0 unspecified atom stereocenters. The summed E-state index contributed by atoms with van der Waals surface area (Å²) in [7, 11) is 0. The number of carboxylic acid groups (broad SMARTS) is 1. The predicted molar refractivity (Wildman–Crippen MR) is 99.8 cm³/mol. The fraction of sp³-hybridized carbons (Fsp3) is 0.250. The Morgan fingerprint density at radius 1 is 1.19 bits per heavy atom. The molecule has 0 atom stereocenters. The van der Waals surface area contributed by atoms with Crippen LogP contribution in [0.25, 0.3) is 11.4 Å². The van der Waals surface area contributed by atoms with Crippen LogP contribution < -0.4 is 0 Å². The molecule has 0 saturated carbocycles. The quantitative estimate of drug-likeness (QED) is 0.661. The maximum atomic E-state index is 13.0. The second-order valence-electron chi connectivity index (χ2n) is 6.23. The number of rotatable bonds is 8. The van der Waals surface area contributed by atoms with E-state index in [4.69, 9.17) is 5.11 Å². The van der Waals surface area contributed by atoms with E-state index in [1.165, 1.54) is 30.5 Å². The van der Waals surface area contributed by atoms with Gasteiger partial charge in [0.15, 0.2) is 0 Å². The number of aromatic carboxylic acids is 1. The number of hydrogen-bond acceptors (Lipinski definition) is 4. The molecule has 27 heavy (non-hydrogen) atoms. The molecule has 7 heteroatoms. The Morgan fingerprint density at radius 2 is 1.96 bits per heavy atom. The van der Waals surface area contributed by atoms with Gasteiger partial charge in [-0.3, -0.25) is 9.88 Å². The molecule has 2 heterocycles. The molecule has 1 aromatic carbocycles. The largest absolute Gasteiger partial charge is 0.478 e. The Balaban J connectivity index is 1.62. The van der Waals surface area contributed by atoms with E-state index in [9.17, 15) is 9.18 Å². The van der Waals surface area contributed by atoms with E-state index >= 15 is 0 Å². The fourth-order valence-electron chi connectivity index (χ4n) is 2.77. The summed E-state index contributed by atoms with van der Waals surface area (Å²) in [5.41, 5.74) is 2.43. The van der Waals surface area contributed by atoms with Gasteiger partial charge in [0.05, 0.1) is 17.6 Å². The first-order valence-electron chi connectivity index (χ1n) is 8.73. The molecule has 0 fully saturated rings. The summed E-state index contributed by atoms with van der Waals surface area (Å²) >= 11 is 0. The van der Waals surface area contributed by atoms with Gasteiger partial charge in [-0.05, 0) is 36.4 Å². The van der Waals surface area contributed by atoms with Crippen LogP contribution in [-0.4, -0.2) is 43.6 Å². The third-order valence-corrected chi connectivity index (χ3v) is 4.34. The lowest BCUT2D eigenvalue weighted by atomic mass is 10.2. The summed E-state index contributed by atoms with van der Waals surface area (Å²) in [5.74, 6) is -1.22. The monoisotopic (exact) mass is 368 g/mol. The van der Waals surface area contributed by atoms with Gasteiger partial charge in [0.25, 0.3) is 0 Å². The lowest BCUT2D eigenvalue weighted by molar-refractivity contribution is 0.0697. The molecule has 140 valence electrons. The molecule has 0 amide bonds. The molecule has 6 nitrogen and oxygen atoms in total. The molecule has 0 aliphatic carbocycles. The topological polar surface area (TPSA) is 71.2 Å². The van der Waals surface area contributed by atoms with Crippen LogP contribution in [0, 0.1) is 5.82 Å². The van der Waals surface area contributed by atoms with E-state index in [1.54, 1.807) is 18.5 Å². The van der Waals surface area contributed by atoms with Crippen LogP contribution in [0.5, 0.6) is 0 Å². The van der Waals surface area contributed by atoms with Crippen molar-refractivity contribution in [3.05, 3.63) is 72.1 Å². The number of nitrogens with zero attached hydrogens (tertiary/aromatic N) is 4. The number of halogens is 1. The third kappa shape index (κ3) is 4.98. The number of aromatic nitrogens is 3. The zero-order valence-corrected chi connectivity index (χ0v) is 15.0. The maximum absolute atomic E-state index is 13.0. The second kappa shape index (κ2) is 8.55. The van der Waals surface area contributed by atoms with Crippen molar-refractivity contribution in [1.29, 1.82) is 0 Å². The van der Waals surface area contributed by atoms with Crippen LogP contribution in [0.15, 0.2) is 55.1 Å². The molecule has 3 rings (SSSR count). The highest BCUT2D eigenvalue weighted by Crippen LogP contribution is 2.16. The molecule has 0 aliphatic heterocycles. The minimum atomic E-state index is -0.988. The highest BCUT2D eigenvalue weighted by atomic mass is 19.1. The maximum Gasteiger partial charge on any atom is 0.335 e. The Bertz CT molecular complexity index is 908. The van der Waals surface area contributed by atoms with Crippen molar-refractivity contribution < 1.29 is 14.3 Å². The van der Waals surface area contributed by atoms with E-state index in [0.29, 0.717) is 11.4 Å². The molecule has 0 saturated heterocycles. The normalized spacial score (nSPS) is 11.1. The number of carboxylic acids is 1. The van der Waals surface area contributed by atoms with Crippen LogP contribution in [0.1, 0.15) is 22.8 Å². The Hall–Kier alpha value is -3.06. The summed E-state index contributed by atoms with van der Waals surface area (Å²) in [5, 5.41) is 9.09. The van der Waals surface area contributed by atoms with Gasteiger partial charge in [-0.2, -0.15) is 0 Å². The van der Waals surface area contributed by atoms with Crippen molar-refractivity contribution in [2.45, 2.75) is 20.0 Å². The van der Waals surface area contributed by atoms with Gasteiger partial charge in [0.1, 0.15) is 11.5 Å². The molecular formula is C20H21FN4O2. The van der Waals surface area contributed by atoms with E-state index in [2.05, 4.69) is 21.8 Å². The van der Waals surface area contributed by atoms with Crippen molar-refractivity contribution in [2.24, 2.45) is 0 Å². The molecule has 2 aromatic heterocycles. The van der Waals surface area contributed by atoms with Gasteiger partial charge in [0.2, 0.25) is 0 Å². The second-order valence-corrected chi connectivity index (χ2v) is 6.23. The Labute approximate surface area is 156 Å². The lowest BCUT2D eigenvalue weighted by Gasteiger charge is -2.20. The minimum Gasteiger partial charge on any atom is -0.478 e. The highest BCUT2D eigenvalue weighted by molar-refractivity contribution is 5.88. The van der Waals surface area contributed by atoms with Crippen LogP contribution in [-0.2, 0) is 13.1 Å². The molecule has 3 aromatic rings. The van der Waals surface area contributed by atoms with E-state index in [0.717, 1.165) is 31.7 Å². The number of pyridine rings is 1. The molecular weight excluding hydrogens is 347 g/mol. The Kier molecular flexibility index (Phi) is 5.93. The van der Waals surface area contributed by atoms with E-state index < -0.39 is 5.97 Å². The first kappa shape index (κ1) is 18.7. The zero-order chi connectivity index (χ0) is 19.2. The van der Waals surface area contributed by atoms with Gasteiger partial charge in [0, 0.05) is 32.0 Å². The van der Waals surface area contributed by atoms with Crippen LogP contribution >= 0.6 is 0 Å². The van der Waals surface area contributed by atoms with E-state index in [-0.39, 0.29) is 11.4 Å². The summed E-state index contributed by atoms with van der Waals surface area (Å²) in [6.07, 6.45) is 5.05. The van der Waals surface area contributed by atoms with Gasteiger partial charge in [-0.15, -0.1) is 0 Å². The summed E-state index contributed by atoms with van der Waals surface area (Å²) in [6.45, 7) is 5.26. The number of carbonyl (C=O) groups is 1. The van der Waals surface area contributed by atoms with Crippen molar-refractivity contribution in [3.63, 3.8) is 0 Å². The SMILES string of the molecule is CCN(CCn1cnc(-c2cc(C(=O)O)ccn2)c1)Cc1ccc(F)cc1. The molecule has 1 N–H and O–H groups in total. The van der Waals surface area contributed by atoms with Crippen LogP contribution in [0.4, 0.5) is 4.39 Å². The number of imidazole rings is 1. The molecule has 0 radical (unpaired) electrons. The van der Waals surface area contributed by atoms with Gasteiger partial charge in [-0.1, -0.05) is 19.1 Å². The molecule has 0 spiro atoms. The van der Waals surface area contributed by atoms with Crippen molar-refractivity contribution in [2.75, 3.05) is 13.1 Å². The van der Waals surface area contributed by atoms with Crippen molar-refractivity contribution >= 4 is 5.97 Å². The fourth-order valence-corrected chi connectivity index (χ4v) is 2.77. The van der Waals surface area contributed by atoms with Crippen LogP contribution in [0.2, 0.25) is 0 Å². The average Bonchev–Trinajstić information content (AvgIpc) is 3.16. The predicted octanol–water partition coefficient (Wildman–Crippen LogP) is 3.30. The van der Waals surface area contributed by atoms with Gasteiger partial charge >= 0.3 is 5.97 Å².